The lowest BCUT2D eigenvalue weighted by Gasteiger charge is -2.09. The summed E-state index contributed by atoms with van der Waals surface area (Å²) in [4.78, 5) is 14.8. The topological polar surface area (TPSA) is 84.8 Å². The van der Waals surface area contributed by atoms with Gasteiger partial charge in [0, 0.05) is 10.0 Å². The molecule has 1 N–H and O–H groups in total. The molecule has 6 nitrogen and oxygen atoms in total. The number of hydrogen-bond donors (Lipinski definition) is 1. The zero-order chi connectivity index (χ0) is 21.7. The third-order valence-corrected chi connectivity index (χ3v) is 5.98. The fourth-order valence-corrected chi connectivity index (χ4v) is 3.78. The van der Waals surface area contributed by atoms with Crippen LogP contribution >= 0.6 is 15.9 Å². The quantitative estimate of drug-likeness (QED) is 0.239. The second-order valence-corrected chi connectivity index (χ2v) is 9.13. The van der Waals surface area contributed by atoms with Gasteiger partial charge in [0.1, 0.15) is 5.75 Å². The van der Waals surface area contributed by atoms with Crippen molar-refractivity contribution in [3.63, 3.8) is 0 Å². The largest absolute Gasteiger partial charge is 0.422 e. The summed E-state index contributed by atoms with van der Waals surface area (Å²) >= 11 is 3.35. The first kappa shape index (κ1) is 21.7. The number of benzene rings is 3. The standard InChI is InChI=1S/C22H19BrN2O4S/c1-15-7-10-19(11-8-15)30(27,28)25-24-14-17-13-18(23)9-12-21(17)29-22(26)20-6-4-3-5-16(20)2/h3-14,25H,1-2H3/b24-14-. The third kappa shape index (κ3) is 5.34. The van der Waals surface area contributed by atoms with Gasteiger partial charge in [-0.1, -0.05) is 51.8 Å². The maximum absolute atomic E-state index is 12.5. The summed E-state index contributed by atoms with van der Waals surface area (Å²) in [5.41, 5.74) is 2.62. The zero-order valence-corrected chi connectivity index (χ0v) is 18.7. The summed E-state index contributed by atoms with van der Waals surface area (Å²) in [7, 11) is -3.81. The van der Waals surface area contributed by atoms with Gasteiger partial charge < -0.3 is 4.74 Å². The Morgan fingerprint density at radius 1 is 1.03 bits per heavy atom. The van der Waals surface area contributed by atoms with E-state index in [9.17, 15) is 13.2 Å². The first-order chi connectivity index (χ1) is 14.3. The molecule has 0 heterocycles. The SMILES string of the molecule is Cc1ccc(S(=O)(=O)N/N=C\c2cc(Br)ccc2OC(=O)c2ccccc2C)cc1. The van der Waals surface area contributed by atoms with Crippen LogP contribution in [0.4, 0.5) is 0 Å². The third-order valence-electron chi connectivity index (χ3n) is 4.25. The van der Waals surface area contributed by atoms with Crippen LogP contribution in [-0.2, 0) is 10.0 Å². The van der Waals surface area contributed by atoms with Crippen LogP contribution in [0.1, 0.15) is 27.0 Å². The number of ether oxygens (including phenoxy) is 1. The number of rotatable bonds is 6. The Hall–Kier alpha value is -2.97. The van der Waals surface area contributed by atoms with Crippen LogP contribution in [-0.4, -0.2) is 20.6 Å². The highest BCUT2D eigenvalue weighted by Crippen LogP contribution is 2.23. The molecule has 0 aromatic heterocycles. The van der Waals surface area contributed by atoms with Gasteiger partial charge in [-0.25, -0.2) is 9.63 Å². The maximum atomic E-state index is 12.5. The summed E-state index contributed by atoms with van der Waals surface area (Å²) in [6.45, 7) is 3.69. The van der Waals surface area contributed by atoms with Gasteiger partial charge in [0.15, 0.2) is 0 Å². The van der Waals surface area contributed by atoms with Gasteiger partial charge >= 0.3 is 5.97 Å². The Bertz CT molecular complexity index is 1210. The van der Waals surface area contributed by atoms with Crippen molar-refractivity contribution in [2.75, 3.05) is 0 Å². The molecule has 0 bridgehead atoms. The Labute approximate surface area is 183 Å². The monoisotopic (exact) mass is 486 g/mol. The van der Waals surface area contributed by atoms with E-state index in [4.69, 9.17) is 4.74 Å². The summed E-state index contributed by atoms with van der Waals surface area (Å²) in [6, 6.07) is 18.5. The number of hydrazone groups is 1. The van der Waals surface area contributed by atoms with Gasteiger partial charge in [-0.05, 0) is 55.8 Å². The average molecular weight is 487 g/mol. The highest BCUT2D eigenvalue weighted by atomic mass is 79.9. The Morgan fingerprint density at radius 3 is 2.43 bits per heavy atom. The molecule has 0 amide bonds. The molecule has 3 aromatic rings. The fraction of sp³-hybridized carbons (Fsp3) is 0.0909. The molecule has 3 aromatic carbocycles. The van der Waals surface area contributed by atoms with Crippen LogP contribution in [0.2, 0.25) is 0 Å². The highest BCUT2D eigenvalue weighted by molar-refractivity contribution is 9.10. The van der Waals surface area contributed by atoms with Crippen LogP contribution in [0.3, 0.4) is 0 Å². The van der Waals surface area contributed by atoms with Gasteiger partial charge in [-0.2, -0.15) is 13.5 Å². The maximum Gasteiger partial charge on any atom is 0.343 e. The number of sulfonamides is 1. The summed E-state index contributed by atoms with van der Waals surface area (Å²) < 4.78 is 31.0. The summed E-state index contributed by atoms with van der Waals surface area (Å²) in [6.07, 6.45) is 1.29. The van der Waals surface area contributed by atoms with Crippen LogP contribution in [0.5, 0.6) is 5.75 Å². The van der Waals surface area contributed by atoms with Crippen molar-refractivity contribution in [3.8, 4) is 5.75 Å². The second-order valence-electron chi connectivity index (χ2n) is 6.55. The van der Waals surface area contributed by atoms with Crippen molar-refractivity contribution < 1.29 is 17.9 Å². The molecule has 0 spiro atoms. The van der Waals surface area contributed by atoms with E-state index in [0.717, 1.165) is 15.6 Å². The molecule has 0 unspecified atom stereocenters. The first-order valence-corrected chi connectivity index (χ1v) is 11.2. The van der Waals surface area contributed by atoms with Crippen molar-refractivity contribution in [2.24, 2.45) is 5.10 Å². The summed E-state index contributed by atoms with van der Waals surface area (Å²) in [5.74, 6) is -0.255. The molecule has 3 rings (SSSR count). The van der Waals surface area contributed by atoms with E-state index in [0.29, 0.717) is 11.1 Å². The number of esters is 1. The van der Waals surface area contributed by atoms with Gasteiger partial charge in [0.25, 0.3) is 10.0 Å². The number of halogens is 1. The van der Waals surface area contributed by atoms with E-state index in [1.54, 1.807) is 42.5 Å². The van der Waals surface area contributed by atoms with E-state index in [-0.39, 0.29) is 10.6 Å². The molecule has 0 saturated carbocycles. The number of carbonyl (C=O) groups excluding carboxylic acids is 1. The van der Waals surface area contributed by atoms with Crippen molar-refractivity contribution >= 4 is 38.1 Å². The average Bonchev–Trinajstić information content (AvgIpc) is 2.70. The molecular formula is C22H19BrN2O4S. The molecule has 0 aliphatic carbocycles. The molecule has 0 fully saturated rings. The minimum atomic E-state index is -3.81. The number of carbonyl (C=O) groups is 1. The van der Waals surface area contributed by atoms with Gasteiger partial charge in [-0.3, -0.25) is 0 Å². The minimum Gasteiger partial charge on any atom is -0.422 e. The fourth-order valence-electron chi connectivity index (χ4n) is 2.61. The number of hydrogen-bond acceptors (Lipinski definition) is 5. The Morgan fingerprint density at radius 2 is 1.73 bits per heavy atom. The highest BCUT2D eigenvalue weighted by Gasteiger charge is 2.15. The number of nitrogens with one attached hydrogen (secondary N) is 1. The van der Waals surface area contributed by atoms with Crippen molar-refractivity contribution in [3.05, 3.63) is 93.5 Å². The van der Waals surface area contributed by atoms with Crippen LogP contribution in [0.25, 0.3) is 0 Å². The molecule has 0 radical (unpaired) electrons. The normalized spacial score (nSPS) is 11.4. The van der Waals surface area contributed by atoms with Crippen molar-refractivity contribution in [2.45, 2.75) is 18.7 Å². The lowest BCUT2D eigenvalue weighted by molar-refractivity contribution is 0.0733. The van der Waals surface area contributed by atoms with Gasteiger partial charge in [0.05, 0.1) is 16.7 Å². The lowest BCUT2D eigenvalue weighted by atomic mass is 10.1. The van der Waals surface area contributed by atoms with Gasteiger partial charge in [0.2, 0.25) is 0 Å². The predicted molar refractivity (Wildman–Crippen MR) is 119 cm³/mol. The van der Waals surface area contributed by atoms with E-state index in [1.807, 2.05) is 26.0 Å². The molecule has 154 valence electrons. The van der Waals surface area contributed by atoms with Gasteiger partial charge in [-0.15, -0.1) is 0 Å². The minimum absolute atomic E-state index is 0.102. The van der Waals surface area contributed by atoms with Crippen molar-refractivity contribution in [1.29, 1.82) is 0 Å². The van der Waals surface area contributed by atoms with Crippen LogP contribution < -0.4 is 9.57 Å². The zero-order valence-electron chi connectivity index (χ0n) is 16.3. The van der Waals surface area contributed by atoms with E-state index in [2.05, 4.69) is 25.9 Å². The van der Waals surface area contributed by atoms with Crippen LogP contribution in [0, 0.1) is 13.8 Å². The van der Waals surface area contributed by atoms with Crippen LogP contribution in [0.15, 0.2) is 81.2 Å². The molecule has 0 aliphatic rings. The first-order valence-electron chi connectivity index (χ1n) is 8.95. The molecule has 8 heteroatoms. The van der Waals surface area contributed by atoms with E-state index in [1.165, 1.54) is 18.3 Å². The smallest absolute Gasteiger partial charge is 0.343 e. The van der Waals surface area contributed by atoms with E-state index < -0.39 is 16.0 Å². The molecule has 0 aliphatic heterocycles. The van der Waals surface area contributed by atoms with Crippen molar-refractivity contribution in [1.82, 2.24) is 4.83 Å². The molecule has 0 atom stereocenters. The predicted octanol–water partition coefficient (Wildman–Crippen LogP) is 4.60. The molecule has 30 heavy (non-hydrogen) atoms. The number of aryl methyl sites for hydroxylation is 2. The Kier molecular flexibility index (Phi) is 6.69. The molecular weight excluding hydrogens is 468 g/mol. The Balaban J connectivity index is 1.81. The number of nitrogens with zero attached hydrogens (tertiary/aromatic N) is 1. The lowest BCUT2D eigenvalue weighted by Crippen LogP contribution is -2.18. The summed E-state index contributed by atoms with van der Waals surface area (Å²) in [5, 5.41) is 3.84. The second kappa shape index (κ2) is 9.23. The van der Waals surface area contributed by atoms with E-state index >= 15 is 0 Å². The molecule has 0 saturated heterocycles.